The largest absolute Gasteiger partial charge is 0.331 e. The average molecular weight is 396 g/mol. The summed E-state index contributed by atoms with van der Waals surface area (Å²) in [7, 11) is 0. The lowest BCUT2D eigenvalue weighted by atomic mass is 9.49. The summed E-state index contributed by atoms with van der Waals surface area (Å²) in [5.41, 5.74) is 6.19. The molecule has 1 aromatic rings. The Balaban J connectivity index is 1.27. The van der Waals surface area contributed by atoms with Crippen molar-refractivity contribution in [3.05, 3.63) is 29.0 Å². The number of carbonyl (C=O) groups excluding carboxylic acids is 1. The molecule has 0 unspecified atom stereocenters. The summed E-state index contributed by atoms with van der Waals surface area (Å²) >= 11 is 10.9. The first kappa shape index (κ1) is 18.0. The van der Waals surface area contributed by atoms with Crippen LogP contribution in [0.2, 0.25) is 5.02 Å². The number of rotatable bonds is 3. The molecule has 0 aromatic heterocycles. The highest BCUT2D eigenvalue weighted by Crippen LogP contribution is 2.61. The van der Waals surface area contributed by atoms with Crippen molar-refractivity contribution in [1.82, 2.24) is 10.9 Å². The quantitative estimate of drug-likeness (QED) is 0.524. The summed E-state index contributed by atoms with van der Waals surface area (Å²) in [6, 6.07) is 4.24. The summed E-state index contributed by atoms with van der Waals surface area (Å²) in [6.07, 6.45) is 8.26. The second-order valence-corrected chi connectivity index (χ2v) is 9.17. The van der Waals surface area contributed by atoms with E-state index in [0.717, 1.165) is 17.8 Å². The zero-order valence-electron chi connectivity index (χ0n) is 14.5. The summed E-state index contributed by atoms with van der Waals surface area (Å²) in [5.74, 6) is 1.97. The Hall–Kier alpha value is -1.40. The summed E-state index contributed by atoms with van der Waals surface area (Å²) in [6.45, 7) is 0. The summed E-state index contributed by atoms with van der Waals surface area (Å²) < 4.78 is 13.2. The lowest BCUT2D eigenvalue weighted by Gasteiger charge is -2.56. The van der Waals surface area contributed by atoms with Gasteiger partial charge in [0.2, 0.25) is 5.91 Å². The van der Waals surface area contributed by atoms with Gasteiger partial charge in [-0.3, -0.25) is 15.6 Å². The first-order valence-corrected chi connectivity index (χ1v) is 10.0. The highest BCUT2D eigenvalue weighted by atomic mass is 35.5. The van der Waals surface area contributed by atoms with Crippen LogP contribution in [0.25, 0.3) is 0 Å². The molecule has 4 saturated carbocycles. The molecule has 0 heterocycles. The average Bonchev–Trinajstić information content (AvgIpc) is 2.55. The standard InChI is InChI=1S/C19H23ClFN3OS/c20-15-6-14(1-2-16(15)21)22-18(26)24-23-17(25)10-19-7-11-3-12(8-19)5-13(4-11)9-19/h1-2,6,11-13H,3-5,7-10H2,(H,23,25)(H2,22,24,26). The van der Waals surface area contributed by atoms with E-state index in [0.29, 0.717) is 12.1 Å². The van der Waals surface area contributed by atoms with Crippen LogP contribution in [0.4, 0.5) is 10.1 Å². The molecule has 0 aliphatic heterocycles. The Labute approximate surface area is 163 Å². The highest BCUT2D eigenvalue weighted by Gasteiger charge is 2.51. The second-order valence-electron chi connectivity index (χ2n) is 8.35. The zero-order valence-corrected chi connectivity index (χ0v) is 16.1. The minimum atomic E-state index is -0.486. The van der Waals surface area contributed by atoms with Crippen molar-refractivity contribution in [2.24, 2.45) is 23.2 Å². The summed E-state index contributed by atoms with van der Waals surface area (Å²) in [5, 5.41) is 3.14. The van der Waals surface area contributed by atoms with E-state index in [1.54, 1.807) is 0 Å². The van der Waals surface area contributed by atoms with E-state index in [1.807, 2.05) is 0 Å². The van der Waals surface area contributed by atoms with Crippen LogP contribution in [0.3, 0.4) is 0 Å². The molecular formula is C19H23ClFN3OS. The van der Waals surface area contributed by atoms with E-state index in [9.17, 15) is 9.18 Å². The smallest absolute Gasteiger partial charge is 0.238 e. The van der Waals surface area contributed by atoms with Crippen LogP contribution in [0.5, 0.6) is 0 Å². The third-order valence-electron chi connectivity index (χ3n) is 6.19. The normalized spacial score (nSPS) is 31.5. The van der Waals surface area contributed by atoms with Crippen molar-refractivity contribution < 1.29 is 9.18 Å². The van der Waals surface area contributed by atoms with Gasteiger partial charge < -0.3 is 5.32 Å². The van der Waals surface area contributed by atoms with Crippen molar-refractivity contribution in [1.29, 1.82) is 0 Å². The Morgan fingerprint density at radius 2 is 1.77 bits per heavy atom. The van der Waals surface area contributed by atoms with E-state index < -0.39 is 5.82 Å². The van der Waals surface area contributed by atoms with E-state index in [-0.39, 0.29) is 21.5 Å². The first-order chi connectivity index (χ1) is 12.4. The molecule has 0 radical (unpaired) electrons. The third kappa shape index (κ3) is 3.81. The van der Waals surface area contributed by atoms with Gasteiger partial charge in [-0.25, -0.2) is 4.39 Å². The predicted molar refractivity (Wildman–Crippen MR) is 104 cm³/mol. The maximum Gasteiger partial charge on any atom is 0.238 e. The van der Waals surface area contributed by atoms with Gasteiger partial charge in [0.1, 0.15) is 5.82 Å². The van der Waals surface area contributed by atoms with Crippen LogP contribution >= 0.6 is 23.8 Å². The van der Waals surface area contributed by atoms with Crippen molar-refractivity contribution in [3.8, 4) is 0 Å². The van der Waals surface area contributed by atoms with Gasteiger partial charge in [0, 0.05) is 12.1 Å². The second kappa shape index (κ2) is 6.97. The van der Waals surface area contributed by atoms with Gasteiger partial charge in [0.25, 0.3) is 0 Å². The molecular weight excluding hydrogens is 373 g/mol. The number of hydrazine groups is 1. The SMILES string of the molecule is O=C(CC12CC3CC(CC(C3)C1)C2)NNC(=S)Nc1ccc(F)c(Cl)c1. The van der Waals surface area contributed by atoms with E-state index in [1.165, 1.54) is 56.7 Å². The number of benzene rings is 1. The molecule has 4 bridgehead atoms. The number of hydrogen-bond donors (Lipinski definition) is 3. The summed E-state index contributed by atoms with van der Waals surface area (Å²) in [4.78, 5) is 12.5. The molecule has 3 N–H and O–H groups in total. The number of hydrogen-bond acceptors (Lipinski definition) is 2. The van der Waals surface area contributed by atoms with E-state index in [2.05, 4.69) is 16.2 Å². The third-order valence-corrected chi connectivity index (χ3v) is 6.69. The number of halogens is 2. The van der Waals surface area contributed by atoms with Gasteiger partial charge in [-0.05, 0) is 92.1 Å². The molecule has 0 saturated heterocycles. The van der Waals surface area contributed by atoms with Gasteiger partial charge >= 0.3 is 0 Å². The molecule has 4 fully saturated rings. The number of carbonyl (C=O) groups is 1. The monoisotopic (exact) mass is 395 g/mol. The van der Waals surface area contributed by atoms with Gasteiger partial charge in [-0.15, -0.1) is 0 Å². The van der Waals surface area contributed by atoms with Crippen LogP contribution in [0.1, 0.15) is 44.9 Å². The molecule has 0 atom stereocenters. The molecule has 1 amide bonds. The fraction of sp³-hybridized carbons (Fsp3) is 0.579. The zero-order chi connectivity index (χ0) is 18.3. The first-order valence-electron chi connectivity index (χ1n) is 9.22. The van der Waals surface area contributed by atoms with Gasteiger partial charge in [0.05, 0.1) is 5.02 Å². The minimum absolute atomic E-state index is 0.0173. The van der Waals surface area contributed by atoms with Gasteiger partial charge in [0.15, 0.2) is 5.11 Å². The molecule has 4 aliphatic carbocycles. The molecule has 5 rings (SSSR count). The van der Waals surface area contributed by atoms with Gasteiger partial charge in [-0.1, -0.05) is 11.6 Å². The molecule has 26 heavy (non-hydrogen) atoms. The lowest BCUT2D eigenvalue weighted by Crippen LogP contribution is -2.50. The Bertz CT molecular complexity index is 706. The van der Waals surface area contributed by atoms with Crippen molar-refractivity contribution >= 4 is 40.5 Å². The highest BCUT2D eigenvalue weighted by molar-refractivity contribution is 7.80. The molecule has 7 heteroatoms. The number of thiocarbonyl (C=S) groups is 1. The van der Waals surface area contributed by atoms with Crippen LogP contribution in [-0.2, 0) is 4.79 Å². The maximum absolute atomic E-state index is 13.2. The van der Waals surface area contributed by atoms with Gasteiger partial charge in [-0.2, -0.15) is 0 Å². The predicted octanol–water partition coefficient (Wildman–Crippen LogP) is 4.40. The topological polar surface area (TPSA) is 53.2 Å². The van der Waals surface area contributed by atoms with Crippen molar-refractivity contribution in [2.45, 2.75) is 44.9 Å². The molecule has 0 spiro atoms. The Morgan fingerprint density at radius 3 is 2.35 bits per heavy atom. The van der Waals surface area contributed by atoms with E-state index >= 15 is 0 Å². The number of anilines is 1. The molecule has 140 valence electrons. The number of nitrogens with one attached hydrogen (secondary N) is 3. The minimum Gasteiger partial charge on any atom is -0.331 e. The van der Waals surface area contributed by atoms with E-state index in [4.69, 9.17) is 23.8 Å². The number of amides is 1. The Kier molecular flexibility index (Phi) is 4.82. The molecule has 1 aromatic carbocycles. The fourth-order valence-electron chi connectivity index (χ4n) is 5.75. The molecule has 4 nitrogen and oxygen atoms in total. The van der Waals surface area contributed by atoms with Crippen LogP contribution in [0.15, 0.2) is 18.2 Å². The van der Waals surface area contributed by atoms with Crippen molar-refractivity contribution in [3.63, 3.8) is 0 Å². The fourth-order valence-corrected chi connectivity index (χ4v) is 6.10. The van der Waals surface area contributed by atoms with Crippen molar-refractivity contribution in [2.75, 3.05) is 5.32 Å². The maximum atomic E-state index is 13.2. The van der Waals surface area contributed by atoms with Crippen LogP contribution < -0.4 is 16.2 Å². The lowest BCUT2D eigenvalue weighted by molar-refractivity contribution is -0.129. The van der Waals surface area contributed by atoms with Crippen LogP contribution in [-0.4, -0.2) is 11.0 Å². The van der Waals surface area contributed by atoms with Crippen LogP contribution in [0, 0.1) is 29.0 Å². The molecule has 4 aliphatic rings. The Morgan fingerprint density at radius 1 is 1.15 bits per heavy atom.